The van der Waals surface area contributed by atoms with Gasteiger partial charge in [0.1, 0.15) is 6.04 Å². The Bertz CT molecular complexity index is 599. The highest BCUT2D eigenvalue weighted by Gasteiger charge is 2.26. The molecule has 3 atom stereocenters. The molecule has 0 saturated carbocycles. The number of carbonyl (C=O) groups is 2. The minimum absolute atomic E-state index is 0.105. The fourth-order valence-electron chi connectivity index (χ4n) is 3.19. The largest absolute Gasteiger partial charge is 0.376 e. The number of rotatable bonds is 5. The molecule has 1 aromatic carbocycles. The lowest BCUT2D eigenvalue weighted by atomic mass is 9.95. The van der Waals surface area contributed by atoms with Gasteiger partial charge in [-0.1, -0.05) is 24.3 Å². The van der Waals surface area contributed by atoms with E-state index in [1.165, 1.54) is 11.1 Å². The highest BCUT2D eigenvalue weighted by atomic mass is 16.5. The molecule has 2 aliphatic heterocycles. The van der Waals surface area contributed by atoms with Crippen LogP contribution in [0, 0.1) is 0 Å². The van der Waals surface area contributed by atoms with Gasteiger partial charge in [-0.2, -0.15) is 0 Å². The van der Waals surface area contributed by atoms with Gasteiger partial charge in [-0.25, -0.2) is 0 Å². The van der Waals surface area contributed by atoms with Crippen molar-refractivity contribution in [2.75, 3.05) is 13.2 Å². The highest BCUT2D eigenvalue weighted by molar-refractivity contribution is 5.89. The molecule has 1 fully saturated rings. The van der Waals surface area contributed by atoms with Gasteiger partial charge < -0.3 is 20.7 Å². The summed E-state index contributed by atoms with van der Waals surface area (Å²) in [5, 5.41) is 8.88. The van der Waals surface area contributed by atoms with Crippen molar-refractivity contribution in [2.45, 2.75) is 50.9 Å². The van der Waals surface area contributed by atoms with Crippen molar-refractivity contribution in [3.8, 4) is 0 Å². The van der Waals surface area contributed by atoms with Crippen LogP contribution in [-0.4, -0.2) is 43.2 Å². The maximum atomic E-state index is 12.4. The van der Waals surface area contributed by atoms with Crippen LogP contribution in [0.1, 0.15) is 30.9 Å². The molecule has 0 radical (unpaired) electrons. The van der Waals surface area contributed by atoms with Crippen LogP contribution in [0.2, 0.25) is 0 Å². The van der Waals surface area contributed by atoms with E-state index in [-0.39, 0.29) is 24.0 Å². The van der Waals surface area contributed by atoms with E-state index in [0.717, 1.165) is 19.4 Å². The topological polar surface area (TPSA) is 79.5 Å². The maximum Gasteiger partial charge on any atom is 0.242 e. The third kappa shape index (κ3) is 4.13. The first-order valence-electron chi connectivity index (χ1n) is 8.63. The Balaban J connectivity index is 1.46. The monoisotopic (exact) mass is 331 g/mol. The Labute approximate surface area is 142 Å². The van der Waals surface area contributed by atoms with Crippen molar-refractivity contribution in [3.63, 3.8) is 0 Å². The fraction of sp³-hybridized carbons (Fsp3) is 0.556. The molecular formula is C18H25N3O3. The number of carbonyl (C=O) groups excluding carboxylic acids is 2. The molecule has 24 heavy (non-hydrogen) atoms. The van der Waals surface area contributed by atoms with E-state index in [9.17, 15) is 9.59 Å². The van der Waals surface area contributed by atoms with Gasteiger partial charge in [0.15, 0.2) is 0 Å². The average molecular weight is 331 g/mol. The molecule has 1 saturated heterocycles. The highest BCUT2D eigenvalue weighted by Crippen LogP contribution is 2.16. The van der Waals surface area contributed by atoms with Gasteiger partial charge in [-0.3, -0.25) is 9.59 Å². The van der Waals surface area contributed by atoms with Gasteiger partial charge >= 0.3 is 0 Å². The molecule has 6 heteroatoms. The second kappa shape index (κ2) is 7.77. The lowest BCUT2D eigenvalue weighted by molar-refractivity contribution is -0.130. The van der Waals surface area contributed by atoms with Crippen LogP contribution >= 0.6 is 0 Å². The maximum absolute atomic E-state index is 12.4. The molecule has 0 aliphatic carbocycles. The first-order chi connectivity index (χ1) is 11.6. The zero-order valence-electron chi connectivity index (χ0n) is 14.0. The van der Waals surface area contributed by atoms with Crippen LogP contribution in [-0.2, 0) is 27.3 Å². The first kappa shape index (κ1) is 16.9. The zero-order valence-corrected chi connectivity index (χ0v) is 14.0. The van der Waals surface area contributed by atoms with Crippen molar-refractivity contribution in [1.29, 1.82) is 0 Å². The van der Waals surface area contributed by atoms with Crippen molar-refractivity contribution >= 4 is 11.8 Å². The first-order valence-corrected chi connectivity index (χ1v) is 8.63. The van der Waals surface area contributed by atoms with Crippen molar-refractivity contribution in [1.82, 2.24) is 16.0 Å². The summed E-state index contributed by atoms with van der Waals surface area (Å²) >= 11 is 0. The molecule has 130 valence electrons. The van der Waals surface area contributed by atoms with E-state index in [4.69, 9.17) is 4.74 Å². The van der Waals surface area contributed by atoms with E-state index >= 15 is 0 Å². The summed E-state index contributed by atoms with van der Waals surface area (Å²) in [5.41, 5.74) is 2.41. The van der Waals surface area contributed by atoms with Gasteiger partial charge in [0.05, 0.1) is 12.1 Å². The van der Waals surface area contributed by atoms with Gasteiger partial charge in [-0.15, -0.1) is 0 Å². The van der Waals surface area contributed by atoms with Crippen molar-refractivity contribution < 1.29 is 14.3 Å². The van der Waals surface area contributed by atoms with Crippen LogP contribution in [0.3, 0.4) is 0 Å². The fourth-order valence-corrected chi connectivity index (χ4v) is 3.19. The minimum Gasteiger partial charge on any atom is -0.376 e. The molecule has 3 rings (SSSR count). The number of benzene rings is 1. The summed E-state index contributed by atoms with van der Waals surface area (Å²) < 4.78 is 5.48. The minimum atomic E-state index is -0.558. The van der Waals surface area contributed by atoms with Crippen LogP contribution in [0.25, 0.3) is 0 Å². The number of hydrogen-bond donors (Lipinski definition) is 3. The zero-order chi connectivity index (χ0) is 16.9. The number of hydrogen-bond acceptors (Lipinski definition) is 4. The van der Waals surface area contributed by atoms with Gasteiger partial charge in [0.2, 0.25) is 11.8 Å². The Kier molecular flexibility index (Phi) is 5.48. The Hall–Kier alpha value is -1.92. The van der Waals surface area contributed by atoms with E-state index in [1.54, 1.807) is 6.92 Å². The summed E-state index contributed by atoms with van der Waals surface area (Å²) in [6.07, 6.45) is 2.77. The summed E-state index contributed by atoms with van der Waals surface area (Å²) in [6, 6.07) is 7.25. The Morgan fingerprint density at radius 1 is 1.33 bits per heavy atom. The van der Waals surface area contributed by atoms with Gasteiger partial charge in [-0.05, 0) is 37.3 Å². The Morgan fingerprint density at radius 3 is 2.88 bits per heavy atom. The summed E-state index contributed by atoms with van der Waals surface area (Å²) in [6.45, 7) is 3.66. The van der Waals surface area contributed by atoms with Gasteiger partial charge in [0, 0.05) is 19.7 Å². The molecule has 6 nitrogen and oxygen atoms in total. The molecule has 0 aromatic heterocycles. The van der Waals surface area contributed by atoms with Gasteiger partial charge in [0.25, 0.3) is 0 Å². The summed E-state index contributed by atoms with van der Waals surface area (Å²) in [5.74, 6) is -0.306. The van der Waals surface area contributed by atoms with Crippen LogP contribution in [0.15, 0.2) is 24.3 Å². The number of fused-ring (bicyclic) bond motifs is 1. The molecule has 0 bridgehead atoms. The average Bonchev–Trinajstić information content (AvgIpc) is 3.12. The lowest BCUT2D eigenvalue weighted by Gasteiger charge is -2.26. The molecule has 1 aromatic rings. The Morgan fingerprint density at radius 2 is 2.12 bits per heavy atom. The van der Waals surface area contributed by atoms with Crippen LogP contribution in [0.4, 0.5) is 0 Å². The SMILES string of the molecule is C[C@@H](NC(=O)[C@@H]1Cc2ccccc2CN1)C(=O)NC[C@H]1CCCO1. The molecule has 0 spiro atoms. The quantitative estimate of drug-likeness (QED) is 0.734. The van der Waals surface area contributed by atoms with E-state index in [2.05, 4.69) is 22.0 Å². The molecule has 2 amide bonds. The van der Waals surface area contributed by atoms with E-state index < -0.39 is 6.04 Å². The molecule has 2 aliphatic rings. The third-order valence-corrected chi connectivity index (χ3v) is 4.68. The third-order valence-electron chi connectivity index (χ3n) is 4.68. The molecule has 2 heterocycles. The van der Waals surface area contributed by atoms with Crippen LogP contribution < -0.4 is 16.0 Å². The molecule has 0 unspecified atom stereocenters. The second-order valence-corrected chi connectivity index (χ2v) is 6.52. The standard InChI is InChI=1S/C18H25N3O3/c1-12(17(22)20-11-15-7-4-8-24-15)21-18(23)16-9-13-5-2-3-6-14(13)10-19-16/h2-3,5-6,12,15-16,19H,4,7-11H2,1H3,(H,20,22)(H,21,23)/t12-,15-,16+/m1/s1. The van der Waals surface area contributed by atoms with E-state index in [1.807, 2.05) is 18.2 Å². The summed E-state index contributed by atoms with van der Waals surface area (Å²) in [4.78, 5) is 24.5. The second-order valence-electron chi connectivity index (χ2n) is 6.52. The van der Waals surface area contributed by atoms with Crippen molar-refractivity contribution in [2.24, 2.45) is 0 Å². The number of nitrogens with one attached hydrogen (secondary N) is 3. The predicted octanol–water partition coefficient (Wildman–Crippen LogP) is 0.501. The lowest BCUT2D eigenvalue weighted by Crippen LogP contribution is -2.53. The molecule has 3 N–H and O–H groups in total. The molecular weight excluding hydrogens is 306 g/mol. The van der Waals surface area contributed by atoms with E-state index in [0.29, 0.717) is 19.5 Å². The number of amides is 2. The number of ether oxygens (including phenoxy) is 1. The van der Waals surface area contributed by atoms with Crippen molar-refractivity contribution in [3.05, 3.63) is 35.4 Å². The summed E-state index contributed by atoms with van der Waals surface area (Å²) in [7, 11) is 0. The predicted molar refractivity (Wildman–Crippen MR) is 90.4 cm³/mol. The van der Waals surface area contributed by atoms with Crippen LogP contribution in [0.5, 0.6) is 0 Å². The smallest absolute Gasteiger partial charge is 0.242 e. The normalized spacial score (nSPS) is 24.0.